The third-order valence-corrected chi connectivity index (χ3v) is 3.51. The molecule has 0 aliphatic carbocycles. The number of furan rings is 1. The fourth-order valence-electron chi connectivity index (χ4n) is 1.16. The fourth-order valence-corrected chi connectivity index (χ4v) is 1.36. The van der Waals surface area contributed by atoms with Gasteiger partial charge >= 0.3 is 0 Å². The van der Waals surface area contributed by atoms with Gasteiger partial charge in [-0.1, -0.05) is 29.8 Å². The Morgan fingerprint density at radius 1 is 1.50 bits per heavy atom. The summed E-state index contributed by atoms with van der Waals surface area (Å²) in [6.07, 6.45) is 2.83. The highest BCUT2D eigenvalue weighted by Gasteiger charge is 2.18. The Labute approximate surface area is 82.3 Å². The van der Waals surface area contributed by atoms with Gasteiger partial charge in [0.1, 0.15) is 5.76 Å². The second kappa shape index (κ2) is 3.65. The Hall–Kier alpha value is -0.240. The van der Waals surface area contributed by atoms with Gasteiger partial charge < -0.3 is 4.42 Å². The van der Waals surface area contributed by atoms with E-state index in [9.17, 15) is 0 Å². The van der Waals surface area contributed by atoms with E-state index in [-0.39, 0.29) is 0 Å². The summed E-state index contributed by atoms with van der Waals surface area (Å²) in [7, 11) is 0. The standard InChI is InChI=1S/C10H15BrO/c1-8-9(4-5-12-8)6-10(2,3)7-11/h4-5H,6-7H2,1-3H3. The van der Waals surface area contributed by atoms with Crippen molar-refractivity contribution in [2.75, 3.05) is 5.33 Å². The van der Waals surface area contributed by atoms with E-state index in [1.165, 1.54) is 5.56 Å². The minimum Gasteiger partial charge on any atom is -0.469 e. The van der Waals surface area contributed by atoms with Gasteiger partial charge in [0.05, 0.1) is 6.26 Å². The Balaban J connectivity index is 2.70. The molecule has 0 saturated heterocycles. The molecule has 0 amide bonds. The molecule has 1 nitrogen and oxygen atoms in total. The summed E-state index contributed by atoms with van der Waals surface area (Å²) in [4.78, 5) is 0. The lowest BCUT2D eigenvalue weighted by Gasteiger charge is -2.20. The van der Waals surface area contributed by atoms with Crippen molar-refractivity contribution in [2.45, 2.75) is 27.2 Å². The molecule has 68 valence electrons. The smallest absolute Gasteiger partial charge is 0.103 e. The normalized spacial score (nSPS) is 12.0. The zero-order chi connectivity index (χ0) is 9.19. The predicted octanol–water partition coefficient (Wildman–Crippen LogP) is 3.55. The molecule has 0 N–H and O–H groups in total. The van der Waals surface area contributed by atoms with Crippen molar-refractivity contribution in [3.05, 3.63) is 23.7 Å². The van der Waals surface area contributed by atoms with Gasteiger partial charge in [-0.05, 0) is 30.4 Å². The first-order valence-electron chi connectivity index (χ1n) is 4.14. The van der Waals surface area contributed by atoms with Crippen LogP contribution in [0.5, 0.6) is 0 Å². The molecule has 2 heteroatoms. The highest BCUT2D eigenvalue weighted by Crippen LogP contribution is 2.25. The van der Waals surface area contributed by atoms with E-state index < -0.39 is 0 Å². The van der Waals surface area contributed by atoms with Crippen molar-refractivity contribution in [3.63, 3.8) is 0 Å². The molecule has 0 saturated carbocycles. The first-order chi connectivity index (χ1) is 5.55. The van der Waals surface area contributed by atoms with Gasteiger partial charge in [-0.25, -0.2) is 0 Å². The minimum absolute atomic E-state index is 0.314. The average molecular weight is 231 g/mol. The third kappa shape index (κ3) is 2.37. The van der Waals surface area contributed by atoms with Gasteiger partial charge in [0.2, 0.25) is 0 Å². The summed E-state index contributed by atoms with van der Waals surface area (Å²) in [5.74, 6) is 1.05. The van der Waals surface area contributed by atoms with E-state index in [0.29, 0.717) is 5.41 Å². The van der Waals surface area contributed by atoms with Gasteiger partial charge in [0, 0.05) is 5.33 Å². The quantitative estimate of drug-likeness (QED) is 0.725. The second-order valence-electron chi connectivity index (χ2n) is 3.98. The molecule has 0 radical (unpaired) electrons. The van der Waals surface area contributed by atoms with E-state index in [1.807, 2.05) is 6.92 Å². The molecule has 0 spiro atoms. The van der Waals surface area contributed by atoms with Crippen LogP contribution in [0, 0.1) is 12.3 Å². The lowest BCUT2D eigenvalue weighted by Crippen LogP contribution is -2.16. The molecular weight excluding hydrogens is 216 g/mol. The fraction of sp³-hybridized carbons (Fsp3) is 0.600. The number of rotatable bonds is 3. The van der Waals surface area contributed by atoms with Crippen LogP contribution in [0.15, 0.2) is 16.7 Å². The first-order valence-corrected chi connectivity index (χ1v) is 5.26. The molecule has 0 aromatic carbocycles. The maximum atomic E-state index is 5.24. The molecular formula is C10H15BrO. The number of hydrogen-bond acceptors (Lipinski definition) is 1. The molecule has 1 heterocycles. The monoisotopic (exact) mass is 230 g/mol. The summed E-state index contributed by atoms with van der Waals surface area (Å²) < 4.78 is 5.24. The van der Waals surface area contributed by atoms with Crippen LogP contribution in [0.4, 0.5) is 0 Å². The second-order valence-corrected chi connectivity index (χ2v) is 4.54. The van der Waals surface area contributed by atoms with Crippen LogP contribution in [-0.2, 0) is 6.42 Å². The number of aryl methyl sites for hydroxylation is 1. The van der Waals surface area contributed by atoms with Crippen molar-refractivity contribution in [3.8, 4) is 0 Å². The van der Waals surface area contributed by atoms with Gasteiger partial charge in [0.25, 0.3) is 0 Å². The summed E-state index contributed by atoms with van der Waals surface area (Å²) >= 11 is 3.51. The lowest BCUT2D eigenvalue weighted by molar-refractivity contribution is 0.418. The van der Waals surface area contributed by atoms with E-state index >= 15 is 0 Å². The maximum absolute atomic E-state index is 5.24. The van der Waals surface area contributed by atoms with Gasteiger partial charge in [-0.3, -0.25) is 0 Å². The first kappa shape index (κ1) is 9.85. The van der Waals surface area contributed by atoms with Crippen LogP contribution in [0.25, 0.3) is 0 Å². The van der Waals surface area contributed by atoms with Crippen molar-refractivity contribution < 1.29 is 4.42 Å². The molecule has 1 aromatic heterocycles. The molecule has 0 aliphatic rings. The highest BCUT2D eigenvalue weighted by atomic mass is 79.9. The van der Waals surface area contributed by atoms with Gasteiger partial charge in [-0.15, -0.1) is 0 Å². The zero-order valence-corrected chi connectivity index (χ0v) is 9.44. The van der Waals surface area contributed by atoms with Crippen LogP contribution in [-0.4, -0.2) is 5.33 Å². The van der Waals surface area contributed by atoms with Gasteiger partial charge in [0.15, 0.2) is 0 Å². The Morgan fingerprint density at radius 3 is 2.58 bits per heavy atom. The SMILES string of the molecule is Cc1occc1CC(C)(C)CBr. The van der Waals surface area contributed by atoms with Gasteiger partial charge in [-0.2, -0.15) is 0 Å². The topological polar surface area (TPSA) is 13.1 Å². The predicted molar refractivity (Wildman–Crippen MR) is 54.7 cm³/mol. The molecule has 1 rings (SSSR count). The van der Waals surface area contributed by atoms with Crippen molar-refractivity contribution >= 4 is 15.9 Å². The lowest BCUT2D eigenvalue weighted by atomic mass is 9.88. The van der Waals surface area contributed by atoms with E-state index in [1.54, 1.807) is 6.26 Å². The van der Waals surface area contributed by atoms with Crippen LogP contribution in [0.1, 0.15) is 25.2 Å². The number of halogens is 1. The molecule has 0 unspecified atom stereocenters. The number of hydrogen-bond donors (Lipinski definition) is 0. The van der Waals surface area contributed by atoms with Crippen LogP contribution < -0.4 is 0 Å². The van der Waals surface area contributed by atoms with Crippen LogP contribution in [0.2, 0.25) is 0 Å². The summed E-state index contributed by atoms with van der Waals surface area (Å²) in [5, 5.41) is 1.02. The summed E-state index contributed by atoms with van der Waals surface area (Å²) in [5.41, 5.74) is 1.63. The Bertz CT molecular complexity index is 250. The van der Waals surface area contributed by atoms with E-state index in [0.717, 1.165) is 17.5 Å². The largest absolute Gasteiger partial charge is 0.469 e. The third-order valence-electron chi connectivity index (χ3n) is 2.00. The van der Waals surface area contributed by atoms with Crippen molar-refractivity contribution in [2.24, 2.45) is 5.41 Å². The molecule has 12 heavy (non-hydrogen) atoms. The van der Waals surface area contributed by atoms with Crippen LogP contribution in [0.3, 0.4) is 0 Å². The summed E-state index contributed by atoms with van der Waals surface area (Å²) in [6.45, 7) is 6.50. The Morgan fingerprint density at radius 2 is 2.17 bits per heavy atom. The maximum Gasteiger partial charge on any atom is 0.103 e. The molecule has 0 aliphatic heterocycles. The van der Waals surface area contributed by atoms with E-state index in [2.05, 4.69) is 35.8 Å². The molecule has 1 aromatic rings. The molecule has 0 atom stereocenters. The van der Waals surface area contributed by atoms with Crippen molar-refractivity contribution in [1.82, 2.24) is 0 Å². The minimum atomic E-state index is 0.314. The van der Waals surface area contributed by atoms with E-state index in [4.69, 9.17) is 4.42 Å². The summed E-state index contributed by atoms with van der Waals surface area (Å²) in [6, 6.07) is 2.06. The average Bonchev–Trinajstić information content (AvgIpc) is 2.36. The van der Waals surface area contributed by atoms with Crippen LogP contribution >= 0.6 is 15.9 Å². The van der Waals surface area contributed by atoms with Crippen molar-refractivity contribution in [1.29, 1.82) is 0 Å². The molecule has 0 bridgehead atoms. The highest BCUT2D eigenvalue weighted by molar-refractivity contribution is 9.09. The zero-order valence-electron chi connectivity index (χ0n) is 7.86. The number of alkyl halides is 1. The Kier molecular flexibility index (Phi) is 2.99. The molecule has 0 fully saturated rings.